The highest BCUT2D eigenvalue weighted by Gasteiger charge is 2.40. The summed E-state index contributed by atoms with van der Waals surface area (Å²) >= 11 is 0. The Labute approximate surface area is 69.2 Å². The van der Waals surface area contributed by atoms with Crippen molar-refractivity contribution in [1.82, 2.24) is 0 Å². The highest BCUT2D eigenvalue weighted by Crippen LogP contribution is 2.40. The van der Waals surface area contributed by atoms with Gasteiger partial charge in [0.25, 0.3) is 0 Å². The average molecular weight is 154 g/mol. The van der Waals surface area contributed by atoms with Crippen LogP contribution in [0.4, 0.5) is 0 Å². The molecule has 1 aliphatic rings. The lowest BCUT2D eigenvalue weighted by molar-refractivity contribution is -0.137. The molecular weight excluding hydrogens is 136 g/mol. The van der Waals surface area contributed by atoms with Crippen LogP contribution in [0.3, 0.4) is 0 Å². The molecule has 0 aromatic carbocycles. The summed E-state index contributed by atoms with van der Waals surface area (Å²) in [5, 5.41) is 0. The highest BCUT2D eigenvalue weighted by molar-refractivity contribution is 5.89. The molecule has 0 aromatic rings. The van der Waals surface area contributed by atoms with Crippen LogP contribution in [0.1, 0.15) is 52.4 Å². The van der Waals surface area contributed by atoms with Gasteiger partial charge in [0.2, 0.25) is 0 Å². The Morgan fingerprint density at radius 2 is 2.18 bits per heavy atom. The maximum absolute atomic E-state index is 11.1. The zero-order valence-corrected chi connectivity index (χ0v) is 7.65. The molecule has 0 amide bonds. The van der Waals surface area contributed by atoms with Crippen molar-refractivity contribution in [2.75, 3.05) is 0 Å². The molecule has 0 heterocycles. The van der Waals surface area contributed by atoms with E-state index < -0.39 is 0 Å². The standard InChI is InChI=1S/C10H18O/c1-3-4-5-7-10(2)8-6-9(10)11/h3-8H2,1-2H3. The lowest BCUT2D eigenvalue weighted by Gasteiger charge is -2.36. The Balaban J connectivity index is 2.19. The van der Waals surface area contributed by atoms with Gasteiger partial charge in [0.15, 0.2) is 0 Å². The molecule has 0 radical (unpaired) electrons. The minimum Gasteiger partial charge on any atom is -0.299 e. The van der Waals surface area contributed by atoms with E-state index >= 15 is 0 Å². The van der Waals surface area contributed by atoms with E-state index in [1.807, 2.05) is 0 Å². The van der Waals surface area contributed by atoms with Crippen molar-refractivity contribution in [3.8, 4) is 0 Å². The molecule has 0 N–H and O–H groups in total. The molecule has 0 aliphatic heterocycles. The molecule has 1 unspecified atom stereocenters. The quantitative estimate of drug-likeness (QED) is 0.569. The number of Topliss-reactive ketones (excluding diaryl/α,β-unsaturated/α-hetero) is 1. The fourth-order valence-electron chi connectivity index (χ4n) is 1.68. The van der Waals surface area contributed by atoms with Crippen LogP contribution in [0.5, 0.6) is 0 Å². The summed E-state index contributed by atoms with van der Waals surface area (Å²) in [4.78, 5) is 11.1. The first kappa shape index (κ1) is 8.76. The Morgan fingerprint density at radius 1 is 1.45 bits per heavy atom. The molecule has 11 heavy (non-hydrogen) atoms. The first-order chi connectivity index (χ1) is 5.19. The van der Waals surface area contributed by atoms with Crippen molar-refractivity contribution in [2.45, 2.75) is 52.4 Å². The lowest BCUT2D eigenvalue weighted by Crippen LogP contribution is -2.37. The van der Waals surface area contributed by atoms with Gasteiger partial charge in [-0.25, -0.2) is 0 Å². The summed E-state index contributed by atoms with van der Waals surface area (Å²) < 4.78 is 0. The van der Waals surface area contributed by atoms with Crippen LogP contribution in [-0.2, 0) is 4.79 Å². The van der Waals surface area contributed by atoms with Gasteiger partial charge in [-0.15, -0.1) is 0 Å². The number of hydrogen-bond acceptors (Lipinski definition) is 1. The van der Waals surface area contributed by atoms with E-state index in [0.29, 0.717) is 5.78 Å². The van der Waals surface area contributed by atoms with Crippen LogP contribution in [0.25, 0.3) is 0 Å². The number of carbonyl (C=O) groups excluding carboxylic acids is 1. The van der Waals surface area contributed by atoms with Crippen molar-refractivity contribution in [1.29, 1.82) is 0 Å². The van der Waals surface area contributed by atoms with Gasteiger partial charge >= 0.3 is 0 Å². The van der Waals surface area contributed by atoms with E-state index in [-0.39, 0.29) is 5.41 Å². The second-order valence-corrected chi connectivity index (χ2v) is 3.94. The predicted octanol–water partition coefficient (Wildman–Crippen LogP) is 2.94. The van der Waals surface area contributed by atoms with E-state index in [4.69, 9.17) is 0 Å². The van der Waals surface area contributed by atoms with Crippen LogP contribution in [-0.4, -0.2) is 5.78 Å². The first-order valence-electron chi connectivity index (χ1n) is 4.72. The van der Waals surface area contributed by atoms with Gasteiger partial charge in [0, 0.05) is 11.8 Å². The molecule has 0 aromatic heterocycles. The van der Waals surface area contributed by atoms with Gasteiger partial charge in [0.05, 0.1) is 0 Å². The smallest absolute Gasteiger partial charge is 0.138 e. The van der Waals surface area contributed by atoms with Gasteiger partial charge in [-0.05, 0) is 12.8 Å². The Kier molecular flexibility index (Phi) is 2.69. The van der Waals surface area contributed by atoms with Crippen molar-refractivity contribution in [3.63, 3.8) is 0 Å². The maximum atomic E-state index is 11.1. The van der Waals surface area contributed by atoms with Crippen molar-refractivity contribution in [3.05, 3.63) is 0 Å². The molecule has 0 spiro atoms. The molecular formula is C10H18O. The topological polar surface area (TPSA) is 17.1 Å². The first-order valence-corrected chi connectivity index (χ1v) is 4.72. The fourth-order valence-corrected chi connectivity index (χ4v) is 1.68. The number of hydrogen-bond donors (Lipinski definition) is 0. The zero-order valence-electron chi connectivity index (χ0n) is 7.65. The molecule has 64 valence electrons. The van der Waals surface area contributed by atoms with E-state index in [2.05, 4.69) is 13.8 Å². The molecule has 1 nitrogen and oxygen atoms in total. The number of rotatable bonds is 4. The summed E-state index contributed by atoms with van der Waals surface area (Å²) in [6, 6.07) is 0. The van der Waals surface area contributed by atoms with Crippen LogP contribution >= 0.6 is 0 Å². The second-order valence-electron chi connectivity index (χ2n) is 3.94. The SMILES string of the molecule is CCCCCC1(C)CCC1=O. The summed E-state index contributed by atoms with van der Waals surface area (Å²) in [5.74, 6) is 0.494. The molecule has 0 saturated heterocycles. The third-order valence-corrected chi connectivity index (χ3v) is 2.91. The van der Waals surface area contributed by atoms with Gasteiger partial charge < -0.3 is 0 Å². The van der Waals surface area contributed by atoms with Crippen molar-refractivity contribution < 1.29 is 4.79 Å². The van der Waals surface area contributed by atoms with E-state index in [0.717, 1.165) is 19.3 Å². The van der Waals surface area contributed by atoms with E-state index in [9.17, 15) is 4.79 Å². The summed E-state index contributed by atoms with van der Waals surface area (Å²) in [7, 11) is 0. The van der Waals surface area contributed by atoms with Gasteiger partial charge in [-0.3, -0.25) is 4.79 Å². The van der Waals surface area contributed by atoms with Crippen molar-refractivity contribution in [2.24, 2.45) is 5.41 Å². The minimum atomic E-state index is 0.0924. The third-order valence-electron chi connectivity index (χ3n) is 2.91. The Bertz CT molecular complexity index is 151. The summed E-state index contributed by atoms with van der Waals surface area (Å²) in [5.41, 5.74) is 0.0924. The average Bonchev–Trinajstić information content (AvgIpc) is 2.02. The van der Waals surface area contributed by atoms with Gasteiger partial charge in [0.1, 0.15) is 5.78 Å². The Morgan fingerprint density at radius 3 is 2.55 bits per heavy atom. The molecule has 1 rings (SSSR count). The van der Waals surface area contributed by atoms with Crippen LogP contribution in [0.15, 0.2) is 0 Å². The summed E-state index contributed by atoms with van der Waals surface area (Å²) in [6.07, 6.45) is 6.86. The molecule has 1 saturated carbocycles. The van der Waals surface area contributed by atoms with Gasteiger partial charge in [-0.1, -0.05) is 33.1 Å². The molecule has 0 bridgehead atoms. The lowest BCUT2D eigenvalue weighted by atomic mass is 9.66. The van der Waals surface area contributed by atoms with Crippen molar-refractivity contribution >= 4 is 5.78 Å². The Hall–Kier alpha value is -0.330. The molecule has 1 fully saturated rings. The fraction of sp³-hybridized carbons (Fsp3) is 0.900. The van der Waals surface area contributed by atoms with Crippen LogP contribution in [0.2, 0.25) is 0 Å². The summed E-state index contributed by atoms with van der Waals surface area (Å²) in [6.45, 7) is 4.32. The van der Waals surface area contributed by atoms with E-state index in [1.54, 1.807) is 0 Å². The number of carbonyl (C=O) groups is 1. The number of ketones is 1. The normalized spacial score (nSPS) is 30.2. The number of unbranched alkanes of at least 4 members (excludes halogenated alkanes) is 2. The highest BCUT2D eigenvalue weighted by atomic mass is 16.1. The predicted molar refractivity (Wildman–Crippen MR) is 46.5 cm³/mol. The zero-order chi connectivity index (χ0) is 8.32. The molecule has 1 aliphatic carbocycles. The molecule has 1 heteroatoms. The monoisotopic (exact) mass is 154 g/mol. The minimum absolute atomic E-state index is 0.0924. The molecule has 1 atom stereocenters. The largest absolute Gasteiger partial charge is 0.299 e. The third kappa shape index (κ3) is 1.82. The maximum Gasteiger partial charge on any atom is 0.138 e. The van der Waals surface area contributed by atoms with E-state index in [1.165, 1.54) is 19.3 Å². The van der Waals surface area contributed by atoms with Crippen LogP contribution in [0, 0.1) is 5.41 Å². The van der Waals surface area contributed by atoms with Crippen LogP contribution < -0.4 is 0 Å². The second kappa shape index (κ2) is 3.38. The van der Waals surface area contributed by atoms with Gasteiger partial charge in [-0.2, -0.15) is 0 Å².